The van der Waals surface area contributed by atoms with Gasteiger partial charge in [-0.25, -0.2) is 0 Å². The molecular formula is C16H10F6N4O. The van der Waals surface area contributed by atoms with Gasteiger partial charge >= 0.3 is 12.4 Å². The molecule has 0 saturated carbocycles. The zero-order valence-electron chi connectivity index (χ0n) is 13.3. The van der Waals surface area contributed by atoms with Gasteiger partial charge in [-0.3, -0.25) is 9.20 Å². The fourth-order valence-electron chi connectivity index (χ4n) is 2.41. The first-order valence-electron chi connectivity index (χ1n) is 7.42. The smallest absolute Gasteiger partial charge is 0.345 e. The average molecular weight is 388 g/mol. The summed E-state index contributed by atoms with van der Waals surface area (Å²) in [5.74, 6) is -1.10. The van der Waals surface area contributed by atoms with Gasteiger partial charge in [0.05, 0.1) is 23.2 Å². The van der Waals surface area contributed by atoms with Gasteiger partial charge < -0.3 is 5.32 Å². The molecule has 1 amide bonds. The molecule has 0 unspecified atom stereocenters. The Morgan fingerprint density at radius 3 is 2.33 bits per heavy atom. The number of rotatable bonds is 3. The number of nitrogens with one attached hydrogen (secondary N) is 1. The molecule has 142 valence electrons. The lowest BCUT2D eigenvalue weighted by atomic mass is 10.1. The molecule has 1 aromatic carbocycles. The third-order valence-electron chi connectivity index (χ3n) is 3.68. The zero-order valence-corrected chi connectivity index (χ0v) is 13.3. The maximum atomic E-state index is 13.0. The Labute approximate surface area is 147 Å². The second-order valence-electron chi connectivity index (χ2n) is 5.49. The van der Waals surface area contributed by atoms with Crippen molar-refractivity contribution in [3.05, 3.63) is 65.1 Å². The molecule has 0 aliphatic carbocycles. The van der Waals surface area contributed by atoms with Crippen molar-refractivity contribution in [2.24, 2.45) is 0 Å². The van der Waals surface area contributed by atoms with Gasteiger partial charge in [0.15, 0.2) is 11.5 Å². The van der Waals surface area contributed by atoms with Crippen LogP contribution in [0.15, 0.2) is 42.6 Å². The summed E-state index contributed by atoms with van der Waals surface area (Å²) in [6, 6.07) is 6.10. The fourth-order valence-corrected chi connectivity index (χ4v) is 2.41. The number of hydrogen-bond acceptors (Lipinski definition) is 3. The highest BCUT2D eigenvalue weighted by Crippen LogP contribution is 2.32. The van der Waals surface area contributed by atoms with E-state index in [1.165, 1.54) is 6.07 Å². The Bertz CT molecular complexity index is 992. The van der Waals surface area contributed by atoms with Crippen LogP contribution in [0.25, 0.3) is 5.65 Å². The van der Waals surface area contributed by atoms with Crippen molar-refractivity contribution in [1.82, 2.24) is 19.9 Å². The molecular weight excluding hydrogens is 378 g/mol. The van der Waals surface area contributed by atoms with E-state index in [4.69, 9.17) is 0 Å². The molecule has 27 heavy (non-hydrogen) atoms. The summed E-state index contributed by atoms with van der Waals surface area (Å²) in [6.07, 6.45) is -8.57. The number of amides is 1. The van der Waals surface area contributed by atoms with Crippen LogP contribution in [0.2, 0.25) is 0 Å². The Morgan fingerprint density at radius 1 is 0.963 bits per heavy atom. The summed E-state index contributed by atoms with van der Waals surface area (Å²) < 4.78 is 78.4. The van der Waals surface area contributed by atoms with Crippen LogP contribution in [0.3, 0.4) is 0 Å². The average Bonchev–Trinajstić information content (AvgIpc) is 3.00. The maximum Gasteiger partial charge on any atom is 0.417 e. The van der Waals surface area contributed by atoms with Gasteiger partial charge in [0.1, 0.15) is 0 Å². The number of aromatic nitrogens is 3. The minimum Gasteiger partial charge on any atom is -0.345 e. The summed E-state index contributed by atoms with van der Waals surface area (Å²) >= 11 is 0. The topological polar surface area (TPSA) is 59.3 Å². The minimum atomic E-state index is -4.73. The molecule has 0 bridgehead atoms. The summed E-state index contributed by atoms with van der Waals surface area (Å²) in [7, 11) is 0. The first kappa shape index (κ1) is 18.7. The first-order valence-corrected chi connectivity index (χ1v) is 7.42. The first-order chi connectivity index (χ1) is 12.6. The number of nitrogens with zero attached hydrogens (tertiary/aromatic N) is 3. The van der Waals surface area contributed by atoms with Gasteiger partial charge in [-0.2, -0.15) is 26.3 Å². The molecule has 5 nitrogen and oxygen atoms in total. The number of alkyl halides is 6. The van der Waals surface area contributed by atoms with Crippen molar-refractivity contribution in [3.63, 3.8) is 0 Å². The summed E-state index contributed by atoms with van der Waals surface area (Å²) in [4.78, 5) is 12.1. The molecule has 0 fully saturated rings. The Balaban J connectivity index is 1.85. The number of carbonyl (C=O) groups excluding carboxylic acids is 1. The standard InChI is InChI=1S/C16H10F6N4O/c17-15(18,19)9-5-6-12-24-25-13(26(12)8-9)7-23-14(27)10-3-1-2-4-11(10)16(20,21)22/h1-6,8H,7H2,(H,23,27). The van der Waals surface area contributed by atoms with E-state index < -0.39 is 41.5 Å². The van der Waals surface area contributed by atoms with E-state index in [1.54, 1.807) is 0 Å². The van der Waals surface area contributed by atoms with E-state index >= 15 is 0 Å². The van der Waals surface area contributed by atoms with Crippen LogP contribution in [-0.2, 0) is 18.9 Å². The number of benzene rings is 1. The molecule has 0 aliphatic heterocycles. The molecule has 3 rings (SSSR count). The molecule has 3 aromatic rings. The number of hydrogen-bond donors (Lipinski definition) is 1. The number of pyridine rings is 1. The van der Waals surface area contributed by atoms with Crippen molar-refractivity contribution >= 4 is 11.6 Å². The Hall–Kier alpha value is -3.11. The monoisotopic (exact) mass is 388 g/mol. The predicted molar refractivity (Wildman–Crippen MR) is 80.6 cm³/mol. The van der Waals surface area contributed by atoms with Gasteiger partial charge in [0.25, 0.3) is 5.91 Å². The third kappa shape index (κ3) is 3.86. The van der Waals surface area contributed by atoms with E-state index in [1.807, 2.05) is 0 Å². The summed E-state index contributed by atoms with van der Waals surface area (Å²) in [5, 5.41) is 9.55. The SMILES string of the molecule is O=C(NCc1nnc2ccc(C(F)(F)F)cn12)c1ccccc1C(F)(F)F. The molecule has 2 aromatic heterocycles. The predicted octanol–water partition coefficient (Wildman–Crippen LogP) is 3.70. The van der Waals surface area contributed by atoms with Crippen LogP contribution >= 0.6 is 0 Å². The van der Waals surface area contributed by atoms with Crippen molar-refractivity contribution in [3.8, 4) is 0 Å². The highest BCUT2D eigenvalue weighted by atomic mass is 19.4. The summed E-state index contributed by atoms with van der Waals surface area (Å²) in [5.41, 5.74) is -2.57. The highest BCUT2D eigenvalue weighted by Gasteiger charge is 2.35. The molecule has 11 heteroatoms. The van der Waals surface area contributed by atoms with Gasteiger partial charge in [-0.1, -0.05) is 12.1 Å². The zero-order chi connectivity index (χ0) is 19.8. The minimum absolute atomic E-state index is 0.0612. The molecule has 0 aliphatic rings. The van der Waals surface area contributed by atoms with Crippen molar-refractivity contribution in [2.75, 3.05) is 0 Å². The quantitative estimate of drug-likeness (QED) is 0.697. The number of fused-ring (bicyclic) bond motifs is 1. The van der Waals surface area contributed by atoms with Crippen LogP contribution in [0, 0.1) is 0 Å². The van der Waals surface area contributed by atoms with Gasteiger partial charge in [-0.05, 0) is 24.3 Å². The maximum absolute atomic E-state index is 13.0. The Kier molecular flexibility index (Phi) is 4.54. The van der Waals surface area contributed by atoms with E-state index in [2.05, 4.69) is 15.5 Å². The third-order valence-corrected chi connectivity index (χ3v) is 3.68. The van der Waals surface area contributed by atoms with E-state index in [9.17, 15) is 31.1 Å². The van der Waals surface area contributed by atoms with Crippen LogP contribution in [-0.4, -0.2) is 20.5 Å². The highest BCUT2D eigenvalue weighted by molar-refractivity contribution is 5.95. The molecule has 0 spiro atoms. The van der Waals surface area contributed by atoms with Crippen LogP contribution < -0.4 is 5.32 Å². The van der Waals surface area contributed by atoms with E-state index in [0.717, 1.165) is 40.9 Å². The lowest BCUT2D eigenvalue weighted by Crippen LogP contribution is -2.26. The van der Waals surface area contributed by atoms with Crippen LogP contribution in [0.5, 0.6) is 0 Å². The van der Waals surface area contributed by atoms with Crippen LogP contribution in [0.1, 0.15) is 27.3 Å². The largest absolute Gasteiger partial charge is 0.417 e. The lowest BCUT2D eigenvalue weighted by molar-refractivity contribution is -0.138. The van der Waals surface area contributed by atoms with E-state index in [-0.39, 0.29) is 11.5 Å². The molecule has 0 saturated heterocycles. The normalized spacial score (nSPS) is 12.4. The van der Waals surface area contributed by atoms with E-state index in [0.29, 0.717) is 0 Å². The Morgan fingerprint density at radius 2 is 1.67 bits per heavy atom. The molecule has 2 heterocycles. The van der Waals surface area contributed by atoms with Crippen molar-refractivity contribution in [1.29, 1.82) is 0 Å². The fraction of sp³-hybridized carbons (Fsp3) is 0.188. The number of carbonyl (C=O) groups is 1. The lowest BCUT2D eigenvalue weighted by Gasteiger charge is -2.12. The molecule has 0 atom stereocenters. The van der Waals surface area contributed by atoms with Gasteiger partial charge in [-0.15, -0.1) is 10.2 Å². The van der Waals surface area contributed by atoms with Gasteiger partial charge in [0.2, 0.25) is 0 Å². The molecule has 1 N–H and O–H groups in total. The molecule has 0 radical (unpaired) electrons. The second-order valence-corrected chi connectivity index (χ2v) is 5.49. The second kappa shape index (κ2) is 6.56. The summed E-state index contributed by atoms with van der Waals surface area (Å²) in [6.45, 7) is -0.409. The van der Waals surface area contributed by atoms with Crippen molar-refractivity contribution in [2.45, 2.75) is 18.9 Å². The van der Waals surface area contributed by atoms with Crippen LogP contribution in [0.4, 0.5) is 26.3 Å². The van der Waals surface area contributed by atoms with Gasteiger partial charge in [0, 0.05) is 6.20 Å². The number of halogens is 6. The van der Waals surface area contributed by atoms with Crippen molar-refractivity contribution < 1.29 is 31.1 Å².